The SMILES string of the molecule is COc1ccc(S(=O)(=O)N[C@H](C(=O)N[C@H](C)c2ccco2)C(C)C)cc1. The minimum atomic E-state index is -3.85. The number of rotatable bonds is 8. The number of sulfonamides is 1. The number of ether oxygens (including phenoxy) is 1. The second kappa shape index (κ2) is 8.37. The summed E-state index contributed by atoms with van der Waals surface area (Å²) in [5, 5.41) is 2.78. The van der Waals surface area contributed by atoms with Gasteiger partial charge < -0.3 is 14.5 Å². The van der Waals surface area contributed by atoms with E-state index < -0.39 is 22.0 Å². The lowest BCUT2D eigenvalue weighted by Crippen LogP contribution is -2.50. The van der Waals surface area contributed by atoms with Gasteiger partial charge in [0.05, 0.1) is 24.3 Å². The molecule has 2 rings (SSSR count). The van der Waals surface area contributed by atoms with E-state index >= 15 is 0 Å². The molecule has 0 aliphatic carbocycles. The predicted octanol–water partition coefficient (Wildman–Crippen LogP) is 2.47. The predicted molar refractivity (Wildman–Crippen MR) is 97.2 cm³/mol. The fourth-order valence-corrected chi connectivity index (χ4v) is 3.74. The van der Waals surface area contributed by atoms with Gasteiger partial charge in [-0.15, -0.1) is 0 Å². The number of amides is 1. The molecule has 0 radical (unpaired) electrons. The van der Waals surface area contributed by atoms with Crippen LogP contribution in [0.3, 0.4) is 0 Å². The van der Waals surface area contributed by atoms with Crippen molar-refractivity contribution in [2.45, 2.75) is 37.8 Å². The molecule has 0 fully saturated rings. The first-order valence-corrected chi connectivity index (χ1v) is 9.73. The highest BCUT2D eigenvalue weighted by Gasteiger charge is 2.29. The molecule has 142 valence electrons. The van der Waals surface area contributed by atoms with Gasteiger partial charge in [-0.05, 0) is 49.2 Å². The molecule has 0 aliphatic rings. The van der Waals surface area contributed by atoms with E-state index in [0.29, 0.717) is 11.5 Å². The number of furan rings is 1. The summed E-state index contributed by atoms with van der Waals surface area (Å²) in [6, 6.07) is 8.16. The van der Waals surface area contributed by atoms with Crippen LogP contribution in [0.15, 0.2) is 52.0 Å². The maximum Gasteiger partial charge on any atom is 0.241 e. The van der Waals surface area contributed by atoms with Crippen LogP contribution in [-0.2, 0) is 14.8 Å². The third-order valence-corrected chi connectivity index (χ3v) is 5.39. The largest absolute Gasteiger partial charge is 0.497 e. The minimum Gasteiger partial charge on any atom is -0.497 e. The van der Waals surface area contributed by atoms with Gasteiger partial charge in [-0.2, -0.15) is 4.72 Å². The van der Waals surface area contributed by atoms with Crippen LogP contribution < -0.4 is 14.8 Å². The molecule has 1 aromatic carbocycles. The second-order valence-corrected chi connectivity index (χ2v) is 7.98. The number of methoxy groups -OCH3 is 1. The van der Waals surface area contributed by atoms with E-state index in [0.717, 1.165) is 0 Å². The molecule has 7 nitrogen and oxygen atoms in total. The molecule has 0 spiro atoms. The lowest BCUT2D eigenvalue weighted by Gasteiger charge is -2.23. The van der Waals surface area contributed by atoms with Crippen molar-refractivity contribution in [2.75, 3.05) is 7.11 Å². The third kappa shape index (κ3) is 4.86. The maximum atomic E-state index is 12.6. The molecule has 2 aromatic rings. The van der Waals surface area contributed by atoms with Crippen LogP contribution in [0.25, 0.3) is 0 Å². The molecule has 0 aliphatic heterocycles. The number of hydrogen-bond acceptors (Lipinski definition) is 5. The van der Waals surface area contributed by atoms with Crippen LogP contribution >= 0.6 is 0 Å². The highest BCUT2D eigenvalue weighted by molar-refractivity contribution is 7.89. The number of hydrogen-bond donors (Lipinski definition) is 2. The van der Waals surface area contributed by atoms with E-state index in [4.69, 9.17) is 9.15 Å². The monoisotopic (exact) mass is 380 g/mol. The Balaban J connectivity index is 2.14. The quantitative estimate of drug-likeness (QED) is 0.733. The molecule has 0 bridgehead atoms. The average Bonchev–Trinajstić information content (AvgIpc) is 3.14. The molecule has 8 heteroatoms. The van der Waals surface area contributed by atoms with E-state index in [-0.39, 0.29) is 16.9 Å². The summed E-state index contributed by atoms with van der Waals surface area (Å²) in [5.41, 5.74) is 0. The zero-order chi connectivity index (χ0) is 19.3. The van der Waals surface area contributed by atoms with Crippen LogP contribution in [-0.4, -0.2) is 27.5 Å². The van der Waals surface area contributed by atoms with E-state index in [1.807, 2.05) is 0 Å². The van der Waals surface area contributed by atoms with Gasteiger partial charge in [-0.1, -0.05) is 13.8 Å². The summed E-state index contributed by atoms with van der Waals surface area (Å²) >= 11 is 0. The Labute approximate surface area is 153 Å². The first-order valence-electron chi connectivity index (χ1n) is 8.24. The summed E-state index contributed by atoms with van der Waals surface area (Å²) in [4.78, 5) is 12.7. The van der Waals surface area contributed by atoms with Gasteiger partial charge in [0.2, 0.25) is 15.9 Å². The molecule has 0 saturated heterocycles. The summed E-state index contributed by atoms with van der Waals surface area (Å²) in [7, 11) is -2.35. The van der Waals surface area contributed by atoms with Crippen molar-refractivity contribution in [1.82, 2.24) is 10.0 Å². The van der Waals surface area contributed by atoms with E-state index in [1.165, 1.54) is 25.5 Å². The van der Waals surface area contributed by atoms with Gasteiger partial charge in [0.1, 0.15) is 17.6 Å². The first-order chi connectivity index (χ1) is 12.2. The van der Waals surface area contributed by atoms with Gasteiger partial charge in [0, 0.05) is 0 Å². The van der Waals surface area contributed by atoms with Crippen molar-refractivity contribution in [3.05, 3.63) is 48.4 Å². The minimum absolute atomic E-state index is 0.0656. The molecule has 0 unspecified atom stereocenters. The maximum absolute atomic E-state index is 12.6. The van der Waals surface area contributed by atoms with Gasteiger partial charge >= 0.3 is 0 Å². The van der Waals surface area contributed by atoms with E-state index in [1.54, 1.807) is 45.0 Å². The van der Waals surface area contributed by atoms with Crippen LogP contribution in [0, 0.1) is 5.92 Å². The van der Waals surface area contributed by atoms with Gasteiger partial charge in [0.25, 0.3) is 0 Å². The van der Waals surface area contributed by atoms with Crippen molar-refractivity contribution < 1.29 is 22.4 Å². The fraction of sp³-hybridized carbons (Fsp3) is 0.389. The van der Waals surface area contributed by atoms with Crippen molar-refractivity contribution in [1.29, 1.82) is 0 Å². The highest BCUT2D eigenvalue weighted by atomic mass is 32.2. The van der Waals surface area contributed by atoms with Gasteiger partial charge in [0.15, 0.2) is 0 Å². The van der Waals surface area contributed by atoms with E-state index in [9.17, 15) is 13.2 Å². The lowest BCUT2D eigenvalue weighted by atomic mass is 10.0. The summed E-state index contributed by atoms with van der Waals surface area (Å²) in [5.74, 6) is 0.487. The van der Waals surface area contributed by atoms with Gasteiger partial charge in [-0.25, -0.2) is 8.42 Å². The Kier molecular flexibility index (Phi) is 6.44. The third-order valence-electron chi connectivity index (χ3n) is 3.93. The zero-order valence-corrected chi connectivity index (χ0v) is 16.0. The Bertz CT molecular complexity index is 814. The second-order valence-electron chi connectivity index (χ2n) is 6.26. The molecular weight excluding hydrogens is 356 g/mol. The first kappa shape index (κ1) is 20.0. The van der Waals surface area contributed by atoms with Crippen LogP contribution in [0.5, 0.6) is 5.75 Å². The molecule has 0 saturated carbocycles. The number of carbonyl (C=O) groups excluding carboxylic acids is 1. The lowest BCUT2D eigenvalue weighted by molar-refractivity contribution is -0.124. The molecule has 1 aromatic heterocycles. The van der Waals surface area contributed by atoms with Crippen molar-refractivity contribution >= 4 is 15.9 Å². The molecule has 2 N–H and O–H groups in total. The van der Waals surface area contributed by atoms with Crippen molar-refractivity contribution in [3.63, 3.8) is 0 Å². The Morgan fingerprint density at radius 3 is 2.27 bits per heavy atom. The number of benzene rings is 1. The standard InChI is InChI=1S/C18H24N2O5S/c1-12(2)17(18(21)19-13(3)16-6-5-11-25-16)20-26(22,23)15-9-7-14(24-4)8-10-15/h5-13,17,20H,1-4H3,(H,19,21)/t13-,17+/m1/s1. The summed E-state index contributed by atoms with van der Waals surface area (Å²) in [6.07, 6.45) is 1.52. The Hall–Kier alpha value is -2.32. The molecule has 1 amide bonds. The summed E-state index contributed by atoms with van der Waals surface area (Å²) in [6.45, 7) is 5.32. The normalized spacial score (nSPS) is 14.0. The van der Waals surface area contributed by atoms with Crippen molar-refractivity contribution in [2.24, 2.45) is 5.92 Å². The Morgan fingerprint density at radius 2 is 1.77 bits per heavy atom. The number of nitrogens with one attached hydrogen (secondary N) is 2. The molecule has 2 atom stereocenters. The highest BCUT2D eigenvalue weighted by Crippen LogP contribution is 2.18. The average molecular weight is 380 g/mol. The molecular formula is C18H24N2O5S. The molecule has 26 heavy (non-hydrogen) atoms. The summed E-state index contributed by atoms with van der Waals surface area (Å²) < 4.78 is 38.0. The Morgan fingerprint density at radius 1 is 1.12 bits per heavy atom. The van der Waals surface area contributed by atoms with Crippen LogP contribution in [0.2, 0.25) is 0 Å². The fourth-order valence-electron chi connectivity index (χ4n) is 2.39. The topological polar surface area (TPSA) is 97.6 Å². The van der Waals surface area contributed by atoms with Crippen LogP contribution in [0.4, 0.5) is 0 Å². The van der Waals surface area contributed by atoms with Crippen LogP contribution in [0.1, 0.15) is 32.6 Å². The number of carbonyl (C=O) groups is 1. The van der Waals surface area contributed by atoms with E-state index in [2.05, 4.69) is 10.0 Å². The molecule has 1 heterocycles. The van der Waals surface area contributed by atoms with Crippen molar-refractivity contribution in [3.8, 4) is 5.75 Å². The smallest absolute Gasteiger partial charge is 0.241 e. The van der Waals surface area contributed by atoms with Gasteiger partial charge in [-0.3, -0.25) is 4.79 Å². The zero-order valence-electron chi connectivity index (χ0n) is 15.2.